The molecule has 1 atom stereocenters. The van der Waals surface area contributed by atoms with Gasteiger partial charge in [0.1, 0.15) is 5.75 Å². The molecule has 0 aliphatic carbocycles. The van der Waals surface area contributed by atoms with Crippen LogP contribution in [0.5, 0.6) is 5.75 Å². The number of rotatable bonds is 9. The molecule has 0 saturated carbocycles. The lowest BCUT2D eigenvalue weighted by Crippen LogP contribution is -2.43. The molecular weight excluding hydrogens is 342 g/mol. The summed E-state index contributed by atoms with van der Waals surface area (Å²) in [5.74, 6) is 0.885. The molecule has 27 heavy (non-hydrogen) atoms. The largest absolute Gasteiger partial charge is 0.494 e. The van der Waals surface area contributed by atoms with Crippen molar-refractivity contribution in [2.75, 3.05) is 39.5 Å². The van der Waals surface area contributed by atoms with E-state index in [4.69, 9.17) is 9.47 Å². The van der Waals surface area contributed by atoms with Crippen molar-refractivity contribution in [3.05, 3.63) is 60.4 Å². The number of amides is 1. The van der Waals surface area contributed by atoms with Crippen LogP contribution in [0.3, 0.4) is 0 Å². The minimum absolute atomic E-state index is 0.0498. The van der Waals surface area contributed by atoms with Crippen LogP contribution in [0, 0.1) is 0 Å². The maximum atomic E-state index is 12.2. The molecule has 1 aromatic heterocycles. The Balaban J connectivity index is 1.44. The molecule has 0 spiro atoms. The van der Waals surface area contributed by atoms with Crippen molar-refractivity contribution in [1.29, 1.82) is 0 Å². The molecule has 0 radical (unpaired) electrons. The maximum Gasteiger partial charge on any atom is 0.220 e. The van der Waals surface area contributed by atoms with Crippen molar-refractivity contribution in [2.45, 2.75) is 18.9 Å². The lowest BCUT2D eigenvalue weighted by atomic mass is 10.1. The van der Waals surface area contributed by atoms with E-state index in [1.54, 1.807) is 6.20 Å². The average molecular weight is 369 g/mol. The number of para-hydroxylation sites is 1. The summed E-state index contributed by atoms with van der Waals surface area (Å²) in [7, 11) is 0. The first-order chi connectivity index (χ1) is 13.3. The van der Waals surface area contributed by atoms with Gasteiger partial charge in [-0.3, -0.25) is 14.7 Å². The normalized spacial score (nSPS) is 15.9. The fraction of sp³-hybridized carbons (Fsp3) is 0.429. The summed E-state index contributed by atoms with van der Waals surface area (Å²) in [4.78, 5) is 18.8. The number of carbonyl (C=O) groups is 1. The van der Waals surface area contributed by atoms with E-state index in [0.717, 1.165) is 37.6 Å². The lowest BCUT2D eigenvalue weighted by molar-refractivity contribution is -0.121. The summed E-state index contributed by atoms with van der Waals surface area (Å²) in [6, 6.07) is 13.8. The van der Waals surface area contributed by atoms with Crippen LogP contribution >= 0.6 is 0 Å². The second kappa shape index (κ2) is 10.6. The van der Waals surface area contributed by atoms with Gasteiger partial charge in [0.25, 0.3) is 0 Å². The van der Waals surface area contributed by atoms with Gasteiger partial charge in [-0.25, -0.2) is 0 Å². The van der Waals surface area contributed by atoms with Crippen molar-refractivity contribution in [3.8, 4) is 5.75 Å². The van der Waals surface area contributed by atoms with Gasteiger partial charge in [0.05, 0.1) is 25.9 Å². The Labute approximate surface area is 160 Å². The number of pyridine rings is 1. The van der Waals surface area contributed by atoms with E-state index in [9.17, 15) is 4.79 Å². The minimum Gasteiger partial charge on any atom is -0.494 e. The number of nitrogens with zero attached hydrogens (tertiary/aromatic N) is 2. The molecule has 1 aromatic carbocycles. The number of hydrogen-bond donors (Lipinski definition) is 1. The standard InChI is InChI=1S/C21H27N3O3/c25-21(9-5-13-27-19-7-2-1-3-8-19)23-17-20(18-6-4-10-22-16-18)24-11-14-26-15-12-24/h1-4,6-8,10,16,20H,5,9,11-15,17H2,(H,23,25). The average Bonchev–Trinajstić information content (AvgIpc) is 2.74. The summed E-state index contributed by atoms with van der Waals surface area (Å²) in [6.07, 6.45) is 4.79. The van der Waals surface area contributed by atoms with Crippen LogP contribution in [-0.2, 0) is 9.53 Å². The van der Waals surface area contributed by atoms with Gasteiger partial charge >= 0.3 is 0 Å². The van der Waals surface area contributed by atoms with Gasteiger partial charge in [0.15, 0.2) is 0 Å². The number of morpholine rings is 1. The Morgan fingerprint density at radius 3 is 2.74 bits per heavy atom. The van der Waals surface area contributed by atoms with Gasteiger partial charge in [0.2, 0.25) is 5.91 Å². The van der Waals surface area contributed by atoms with E-state index in [1.165, 1.54) is 0 Å². The Morgan fingerprint density at radius 2 is 2.00 bits per heavy atom. The van der Waals surface area contributed by atoms with Crippen molar-refractivity contribution in [3.63, 3.8) is 0 Å². The van der Waals surface area contributed by atoms with Gasteiger partial charge in [0, 0.05) is 38.4 Å². The fourth-order valence-corrected chi connectivity index (χ4v) is 3.16. The predicted molar refractivity (Wildman–Crippen MR) is 104 cm³/mol. The number of hydrogen-bond acceptors (Lipinski definition) is 5. The summed E-state index contributed by atoms with van der Waals surface area (Å²) >= 11 is 0. The Kier molecular flexibility index (Phi) is 7.62. The molecule has 3 rings (SSSR count). The molecule has 2 heterocycles. The number of benzene rings is 1. The molecule has 1 aliphatic heterocycles. The SMILES string of the molecule is O=C(CCCOc1ccccc1)NCC(c1cccnc1)N1CCOCC1. The highest BCUT2D eigenvalue weighted by Gasteiger charge is 2.23. The van der Waals surface area contributed by atoms with Gasteiger partial charge < -0.3 is 14.8 Å². The van der Waals surface area contributed by atoms with Crippen LogP contribution in [0.25, 0.3) is 0 Å². The highest BCUT2D eigenvalue weighted by atomic mass is 16.5. The minimum atomic E-state index is 0.0498. The zero-order chi connectivity index (χ0) is 18.7. The highest BCUT2D eigenvalue weighted by Crippen LogP contribution is 2.20. The topological polar surface area (TPSA) is 63.7 Å². The molecular formula is C21H27N3O3. The second-order valence-electron chi connectivity index (χ2n) is 6.52. The summed E-state index contributed by atoms with van der Waals surface area (Å²) in [5.41, 5.74) is 1.12. The third-order valence-electron chi connectivity index (χ3n) is 4.61. The van der Waals surface area contributed by atoms with E-state index in [0.29, 0.717) is 26.0 Å². The van der Waals surface area contributed by atoms with E-state index in [2.05, 4.69) is 21.3 Å². The van der Waals surface area contributed by atoms with E-state index in [-0.39, 0.29) is 11.9 Å². The van der Waals surface area contributed by atoms with Crippen molar-refractivity contribution in [1.82, 2.24) is 15.2 Å². The second-order valence-corrected chi connectivity index (χ2v) is 6.52. The highest BCUT2D eigenvalue weighted by molar-refractivity contribution is 5.75. The fourth-order valence-electron chi connectivity index (χ4n) is 3.16. The quantitative estimate of drug-likeness (QED) is 0.688. The molecule has 6 nitrogen and oxygen atoms in total. The van der Waals surface area contributed by atoms with Crippen molar-refractivity contribution in [2.24, 2.45) is 0 Å². The molecule has 0 bridgehead atoms. The summed E-state index contributed by atoms with van der Waals surface area (Å²) in [5, 5.41) is 3.07. The van der Waals surface area contributed by atoms with Gasteiger partial charge in [-0.15, -0.1) is 0 Å². The van der Waals surface area contributed by atoms with Crippen molar-refractivity contribution >= 4 is 5.91 Å². The first-order valence-electron chi connectivity index (χ1n) is 9.49. The van der Waals surface area contributed by atoms with Crippen LogP contribution in [0.2, 0.25) is 0 Å². The van der Waals surface area contributed by atoms with E-state index >= 15 is 0 Å². The molecule has 1 aliphatic rings. The zero-order valence-corrected chi connectivity index (χ0v) is 15.5. The third-order valence-corrected chi connectivity index (χ3v) is 4.61. The first-order valence-corrected chi connectivity index (χ1v) is 9.49. The van der Waals surface area contributed by atoms with Crippen LogP contribution in [0.1, 0.15) is 24.4 Å². The maximum absolute atomic E-state index is 12.2. The molecule has 144 valence electrons. The van der Waals surface area contributed by atoms with Gasteiger partial charge in [-0.1, -0.05) is 24.3 Å². The van der Waals surface area contributed by atoms with E-state index < -0.39 is 0 Å². The molecule has 6 heteroatoms. The lowest BCUT2D eigenvalue weighted by Gasteiger charge is -2.34. The summed E-state index contributed by atoms with van der Waals surface area (Å²) < 4.78 is 11.1. The molecule has 1 unspecified atom stereocenters. The smallest absolute Gasteiger partial charge is 0.220 e. The third kappa shape index (κ3) is 6.34. The molecule has 1 fully saturated rings. The van der Waals surface area contributed by atoms with Crippen LogP contribution in [0.4, 0.5) is 0 Å². The molecule has 2 aromatic rings. The Bertz CT molecular complexity index is 676. The number of ether oxygens (including phenoxy) is 2. The van der Waals surface area contributed by atoms with Gasteiger partial charge in [-0.05, 0) is 30.2 Å². The first kappa shape index (κ1) is 19.3. The van der Waals surface area contributed by atoms with Crippen LogP contribution in [0.15, 0.2) is 54.9 Å². The molecule has 1 N–H and O–H groups in total. The number of aromatic nitrogens is 1. The summed E-state index contributed by atoms with van der Waals surface area (Å²) in [6.45, 7) is 4.28. The number of carbonyl (C=O) groups excluding carboxylic acids is 1. The Morgan fingerprint density at radius 1 is 1.19 bits per heavy atom. The van der Waals surface area contributed by atoms with Crippen LogP contribution < -0.4 is 10.1 Å². The number of nitrogens with one attached hydrogen (secondary N) is 1. The van der Waals surface area contributed by atoms with Crippen molar-refractivity contribution < 1.29 is 14.3 Å². The zero-order valence-electron chi connectivity index (χ0n) is 15.5. The Hall–Kier alpha value is -2.44. The van der Waals surface area contributed by atoms with Crippen LogP contribution in [-0.4, -0.2) is 55.2 Å². The molecule has 1 saturated heterocycles. The molecule has 1 amide bonds. The monoisotopic (exact) mass is 369 g/mol. The van der Waals surface area contributed by atoms with E-state index in [1.807, 2.05) is 42.6 Å². The predicted octanol–water partition coefficient (Wildman–Crippen LogP) is 2.43. The van der Waals surface area contributed by atoms with Gasteiger partial charge in [-0.2, -0.15) is 0 Å².